The van der Waals surface area contributed by atoms with Crippen LogP contribution in [0.3, 0.4) is 0 Å². The van der Waals surface area contributed by atoms with Crippen LogP contribution in [0.4, 0.5) is 5.69 Å². The number of benzene rings is 4. The average Bonchev–Trinajstić information content (AvgIpc) is 3.57. The van der Waals surface area contributed by atoms with Gasteiger partial charge in [-0.05, 0) is 128 Å². The fourth-order valence-electron chi connectivity index (χ4n) is 10.7. The molecule has 57 heavy (non-hydrogen) atoms. The van der Waals surface area contributed by atoms with Gasteiger partial charge in [0, 0.05) is 48.8 Å². The first kappa shape index (κ1) is 36.0. The molecule has 3 fully saturated rings. The molecule has 0 unspecified atom stereocenters. The van der Waals surface area contributed by atoms with Gasteiger partial charge in [-0.1, -0.05) is 48.5 Å². The van der Waals surface area contributed by atoms with Gasteiger partial charge in [-0.2, -0.15) is 0 Å². The minimum absolute atomic E-state index is 0.102. The number of fused-ring (bicyclic) bond motifs is 4. The molecule has 0 aromatic heterocycles. The normalized spacial score (nSPS) is 25.6. The van der Waals surface area contributed by atoms with Crippen molar-refractivity contribution in [3.8, 4) is 17.2 Å². The summed E-state index contributed by atoms with van der Waals surface area (Å²) in [7, 11) is 0. The Bertz CT molecular complexity index is 2190. The molecule has 10 heteroatoms. The molecule has 0 bridgehead atoms. The third kappa shape index (κ3) is 6.71. The molecule has 6 aliphatic rings. The number of aromatic hydroxyl groups is 1. The van der Waals surface area contributed by atoms with Gasteiger partial charge in [0.15, 0.2) is 11.5 Å². The maximum atomic E-state index is 13.3. The number of nitrogens with one attached hydrogen (secondary N) is 1. The van der Waals surface area contributed by atoms with Gasteiger partial charge in [0.2, 0.25) is 11.8 Å². The van der Waals surface area contributed by atoms with Gasteiger partial charge in [0.05, 0.1) is 6.54 Å². The fraction of sp³-hybridized carbons (Fsp3) is 0.426. The van der Waals surface area contributed by atoms with Gasteiger partial charge in [0.1, 0.15) is 24.5 Å². The zero-order chi connectivity index (χ0) is 38.7. The molecule has 1 aliphatic carbocycles. The van der Waals surface area contributed by atoms with Crippen LogP contribution in [-0.2, 0) is 22.6 Å². The van der Waals surface area contributed by atoms with Gasteiger partial charge in [-0.25, -0.2) is 0 Å². The summed E-state index contributed by atoms with van der Waals surface area (Å²) >= 11 is 0. The molecule has 2 N–H and O–H groups in total. The lowest BCUT2D eigenvalue weighted by molar-refractivity contribution is -0.136. The highest BCUT2D eigenvalue weighted by molar-refractivity contribution is 6.05. The number of hydrogen-bond acceptors (Lipinski definition) is 8. The zero-order valence-electron chi connectivity index (χ0n) is 32.3. The molecule has 294 valence electrons. The average molecular weight is 767 g/mol. The monoisotopic (exact) mass is 766 g/mol. The Labute approximate surface area is 333 Å². The summed E-state index contributed by atoms with van der Waals surface area (Å²) < 4.78 is 12.8. The standard InChI is InChI=1S/C47H50N4O6/c52-34-11-13-37-32(26-34)8-12-36(30-4-2-1-3-5-30)43(37)31-6-9-33(10-7-31)50-24-20-47(21-25-50)18-22-49(23-19-47)27-35-29-56-44-39-28-51(40-15-17-42(53)48-45(40)54)46(55)38(39)14-16-41(44)57-35/h1-7,9-11,13-14,16,26,35-36,40,43,52H,8,12,15,17-25,27-29H2,(H,48,53,54)/t35-,36-,40+,43+/m1/s1. The Hall–Kier alpha value is -5.35. The molecule has 10 rings (SSSR count). The Morgan fingerprint density at radius 2 is 1.58 bits per heavy atom. The third-order valence-electron chi connectivity index (χ3n) is 14.0. The molecule has 0 saturated carbocycles. The maximum absolute atomic E-state index is 13.3. The number of ether oxygens (including phenoxy) is 2. The highest BCUT2D eigenvalue weighted by Crippen LogP contribution is 2.48. The second kappa shape index (κ2) is 14.5. The number of nitrogens with zero attached hydrogens (tertiary/aromatic N) is 3. The quantitative estimate of drug-likeness (QED) is 0.213. The summed E-state index contributed by atoms with van der Waals surface area (Å²) in [6, 6.07) is 29.2. The van der Waals surface area contributed by atoms with E-state index in [0.29, 0.717) is 47.2 Å². The maximum Gasteiger partial charge on any atom is 0.255 e. The van der Waals surface area contributed by atoms with Crippen LogP contribution in [0.1, 0.15) is 95.0 Å². The zero-order valence-corrected chi connectivity index (χ0v) is 32.3. The Kier molecular flexibility index (Phi) is 9.19. The predicted octanol–water partition coefficient (Wildman–Crippen LogP) is 6.54. The van der Waals surface area contributed by atoms with Crippen LogP contribution in [0.15, 0.2) is 84.9 Å². The van der Waals surface area contributed by atoms with Crippen LogP contribution in [0.2, 0.25) is 0 Å². The van der Waals surface area contributed by atoms with Crippen LogP contribution in [0.25, 0.3) is 0 Å². The topological polar surface area (TPSA) is 112 Å². The number of piperidine rings is 3. The van der Waals surface area contributed by atoms with Crippen molar-refractivity contribution >= 4 is 23.4 Å². The van der Waals surface area contributed by atoms with E-state index in [0.717, 1.165) is 51.1 Å². The van der Waals surface area contributed by atoms with Crippen molar-refractivity contribution in [2.24, 2.45) is 5.41 Å². The van der Waals surface area contributed by atoms with E-state index in [1.54, 1.807) is 11.0 Å². The SMILES string of the molecule is O=C1CC[C@H](N2Cc3c(ccc4c3OC[C@@H](CN3CCC5(CC3)CCN(c3ccc([C@@H]6c7ccc(O)cc7CC[C@@H]6c6ccccc6)cc3)CC5)O4)C2=O)C(=O)N1. The first-order valence-electron chi connectivity index (χ1n) is 20.8. The van der Waals surface area contributed by atoms with Crippen LogP contribution in [0.5, 0.6) is 17.2 Å². The number of likely N-dealkylation sites (tertiary alicyclic amines) is 1. The molecular formula is C47H50N4O6. The highest BCUT2D eigenvalue weighted by Gasteiger charge is 2.43. The first-order chi connectivity index (χ1) is 27.8. The molecule has 3 amide bonds. The van der Waals surface area contributed by atoms with Gasteiger partial charge in [0.25, 0.3) is 5.91 Å². The molecule has 0 radical (unpaired) electrons. The van der Waals surface area contributed by atoms with E-state index in [2.05, 4.69) is 75.8 Å². The Morgan fingerprint density at radius 3 is 2.35 bits per heavy atom. The van der Waals surface area contributed by atoms with E-state index in [1.807, 2.05) is 18.2 Å². The van der Waals surface area contributed by atoms with E-state index in [-0.39, 0.29) is 36.8 Å². The molecule has 4 aromatic rings. The van der Waals surface area contributed by atoms with E-state index >= 15 is 0 Å². The number of rotatable bonds is 6. The summed E-state index contributed by atoms with van der Waals surface area (Å²) in [6.45, 7) is 5.71. The third-order valence-corrected chi connectivity index (χ3v) is 14.0. The molecule has 10 nitrogen and oxygen atoms in total. The number of phenols is 1. The smallest absolute Gasteiger partial charge is 0.255 e. The molecule has 4 atom stereocenters. The van der Waals surface area contributed by atoms with Crippen LogP contribution >= 0.6 is 0 Å². The van der Waals surface area contributed by atoms with Gasteiger partial charge in [-0.15, -0.1) is 0 Å². The molecule has 5 heterocycles. The number of aryl methyl sites for hydroxylation is 1. The number of carbonyl (C=O) groups excluding carboxylic acids is 3. The van der Waals surface area contributed by atoms with Crippen molar-refractivity contribution in [1.29, 1.82) is 0 Å². The van der Waals surface area contributed by atoms with Crippen molar-refractivity contribution in [3.05, 3.63) is 118 Å². The second-order valence-electron chi connectivity index (χ2n) is 17.2. The van der Waals surface area contributed by atoms with Crippen molar-refractivity contribution in [2.75, 3.05) is 44.2 Å². The number of anilines is 1. The van der Waals surface area contributed by atoms with Gasteiger partial charge >= 0.3 is 0 Å². The summed E-state index contributed by atoms with van der Waals surface area (Å²) in [5.74, 6) is 1.33. The molecular weight excluding hydrogens is 717 g/mol. The van der Waals surface area contributed by atoms with E-state index in [9.17, 15) is 19.5 Å². The van der Waals surface area contributed by atoms with Crippen molar-refractivity contribution in [3.63, 3.8) is 0 Å². The van der Waals surface area contributed by atoms with Crippen molar-refractivity contribution in [1.82, 2.24) is 15.1 Å². The van der Waals surface area contributed by atoms with E-state index in [1.165, 1.54) is 53.6 Å². The summed E-state index contributed by atoms with van der Waals surface area (Å²) in [6.07, 6.45) is 7.27. The second-order valence-corrected chi connectivity index (χ2v) is 17.2. The van der Waals surface area contributed by atoms with Crippen LogP contribution < -0.4 is 19.7 Å². The predicted molar refractivity (Wildman–Crippen MR) is 216 cm³/mol. The van der Waals surface area contributed by atoms with Crippen molar-refractivity contribution in [2.45, 2.75) is 81.9 Å². The minimum atomic E-state index is -0.658. The number of hydrogen-bond donors (Lipinski definition) is 2. The molecule has 3 saturated heterocycles. The molecule has 5 aliphatic heterocycles. The lowest BCUT2D eigenvalue weighted by Gasteiger charge is -2.48. The van der Waals surface area contributed by atoms with Crippen LogP contribution in [0, 0.1) is 5.41 Å². The summed E-state index contributed by atoms with van der Waals surface area (Å²) in [5, 5.41) is 12.6. The fourth-order valence-corrected chi connectivity index (χ4v) is 10.7. The van der Waals surface area contributed by atoms with E-state index < -0.39 is 11.9 Å². The molecule has 1 spiro atoms. The van der Waals surface area contributed by atoms with Gasteiger partial charge in [-0.3, -0.25) is 24.6 Å². The lowest BCUT2D eigenvalue weighted by atomic mass is 9.69. The largest absolute Gasteiger partial charge is 0.508 e. The minimum Gasteiger partial charge on any atom is -0.508 e. The molecule has 4 aromatic carbocycles. The number of phenolic OH excluding ortho intramolecular Hbond substituents is 1. The van der Waals surface area contributed by atoms with Crippen LogP contribution in [-0.4, -0.2) is 84.1 Å². The first-order valence-corrected chi connectivity index (χ1v) is 20.8. The summed E-state index contributed by atoms with van der Waals surface area (Å²) in [5.41, 5.74) is 8.30. The lowest BCUT2D eigenvalue weighted by Crippen LogP contribution is -2.52. The number of carbonyl (C=O) groups is 3. The Balaban J connectivity index is 0.738. The van der Waals surface area contributed by atoms with E-state index in [4.69, 9.17) is 9.47 Å². The number of amides is 3. The Morgan fingerprint density at radius 1 is 0.807 bits per heavy atom. The summed E-state index contributed by atoms with van der Waals surface area (Å²) in [4.78, 5) is 44.1. The van der Waals surface area contributed by atoms with Crippen molar-refractivity contribution < 1.29 is 29.0 Å². The highest BCUT2D eigenvalue weighted by atomic mass is 16.6. The van der Waals surface area contributed by atoms with Gasteiger partial charge < -0.3 is 24.4 Å². The number of imide groups is 1.